The Kier molecular flexibility index (Phi) is 3.23. The molecule has 0 aliphatic carbocycles. The highest BCUT2D eigenvalue weighted by Gasteiger charge is 2.12. The lowest BCUT2D eigenvalue weighted by molar-refractivity contribution is 0.762. The van der Waals surface area contributed by atoms with Gasteiger partial charge < -0.3 is 9.47 Å². The van der Waals surface area contributed by atoms with E-state index in [-0.39, 0.29) is 5.28 Å². The Bertz CT molecular complexity index is 521. The van der Waals surface area contributed by atoms with Crippen molar-refractivity contribution in [1.82, 2.24) is 24.5 Å². The molecule has 0 aromatic carbocycles. The molecule has 0 saturated carbocycles. The van der Waals surface area contributed by atoms with Crippen LogP contribution in [-0.2, 0) is 6.54 Å². The van der Waals surface area contributed by atoms with Crippen LogP contribution in [0.5, 0.6) is 0 Å². The summed E-state index contributed by atoms with van der Waals surface area (Å²) in [4.78, 5) is 18.5. The van der Waals surface area contributed by atoms with Gasteiger partial charge in [0.2, 0.25) is 17.1 Å². The molecule has 7 heteroatoms. The first kappa shape index (κ1) is 11.8. The van der Waals surface area contributed by atoms with Gasteiger partial charge in [0.25, 0.3) is 0 Å². The molecule has 2 aromatic rings. The van der Waals surface area contributed by atoms with E-state index in [0.29, 0.717) is 17.6 Å². The van der Waals surface area contributed by atoms with E-state index in [1.54, 1.807) is 11.1 Å². The van der Waals surface area contributed by atoms with Crippen LogP contribution >= 0.6 is 11.6 Å². The fourth-order valence-electron chi connectivity index (χ4n) is 1.41. The number of rotatable bonds is 3. The van der Waals surface area contributed by atoms with Gasteiger partial charge in [0.1, 0.15) is 0 Å². The summed E-state index contributed by atoms with van der Waals surface area (Å²) in [7, 11) is 3.70. The number of imidazole rings is 1. The zero-order valence-electron chi connectivity index (χ0n) is 9.92. The van der Waals surface area contributed by atoms with E-state index in [1.165, 1.54) is 0 Å². The van der Waals surface area contributed by atoms with Crippen LogP contribution in [-0.4, -0.2) is 38.6 Å². The van der Waals surface area contributed by atoms with Crippen molar-refractivity contribution in [2.45, 2.75) is 13.5 Å². The van der Waals surface area contributed by atoms with Crippen molar-refractivity contribution in [1.29, 1.82) is 0 Å². The molecule has 0 atom stereocenters. The Balaban J connectivity index is 2.52. The van der Waals surface area contributed by atoms with Crippen molar-refractivity contribution in [3.63, 3.8) is 0 Å². The van der Waals surface area contributed by atoms with Crippen molar-refractivity contribution in [2.75, 3.05) is 19.0 Å². The molecular weight excluding hydrogens is 240 g/mol. The van der Waals surface area contributed by atoms with Gasteiger partial charge in [-0.3, -0.25) is 0 Å². The minimum Gasteiger partial charge on any atom is -0.347 e. The summed E-state index contributed by atoms with van der Waals surface area (Å²) in [5, 5.41) is 0.171. The standard InChI is InChI=1S/C10H13ClN6/c1-4-17-6-5-12-8(17)7-13-9(11)15-10(14-7)16(2)3/h5-6H,4H2,1-3H3. The predicted octanol–water partition coefficient (Wildman–Crippen LogP) is 1.47. The maximum atomic E-state index is 5.88. The summed E-state index contributed by atoms with van der Waals surface area (Å²) >= 11 is 5.88. The molecule has 17 heavy (non-hydrogen) atoms. The molecule has 0 aliphatic rings. The number of aromatic nitrogens is 5. The van der Waals surface area contributed by atoms with Gasteiger partial charge in [0, 0.05) is 33.0 Å². The molecule has 0 amide bonds. The maximum Gasteiger partial charge on any atom is 0.229 e. The Morgan fingerprint density at radius 3 is 2.71 bits per heavy atom. The molecule has 0 spiro atoms. The van der Waals surface area contributed by atoms with Crippen molar-refractivity contribution < 1.29 is 0 Å². The third kappa shape index (κ3) is 2.36. The molecule has 90 valence electrons. The molecule has 2 rings (SSSR count). The van der Waals surface area contributed by atoms with Crippen LogP contribution in [0.2, 0.25) is 5.28 Å². The first-order chi connectivity index (χ1) is 8.11. The van der Waals surface area contributed by atoms with Crippen molar-refractivity contribution in [3.05, 3.63) is 17.7 Å². The molecular formula is C10H13ClN6. The van der Waals surface area contributed by atoms with Crippen LogP contribution in [0, 0.1) is 0 Å². The van der Waals surface area contributed by atoms with Crippen LogP contribution in [0.1, 0.15) is 6.92 Å². The minimum atomic E-state index is 0.171. The lowest BCUT2D eigenvalue weighted by Crippen LogP contribution is -2.14. The normalized spacial score (nSPS) is 10.6. The number of aryl methyl sites for hydroxylation is 1. The lowest BCUT2D eigenvalue weighted by atomic mass is 10.5. The van der Waals surface area contributed by atoms with E-state index in [9.17, 15) is 0 Å². The van der Waals surface area contributed by atoms with Crippen LogP contribution in [0.3, 0.4) is 0 Å². The SMILES string of the molecule is CCn1ccnc1-c1nc(Cl)nc(N(C)C)n1. The average molecular weight is 253 g/mol. The third-order valence-electron chi connectivity index (χ3n) is 2.25. The van der Waals surface area contributed by atoms with Gasteiger partial charge in [-0.1, -0.05) is 0 Å². The Morgan fingerprint density at radius 1 is 1.29 bits per heavy atom. The first-order valence-electron chi connectivity index (χ1n) is 5.22. The van der Waals surface area contributed by atoms with Gasteiger partial charge in [-0.25, -0.2) is 4.98 Å². The molecule has 2 heterocycles. The lowest BCUT2D eigenvalue weighted by Gasteiger charge is -2.11. The second kappa shape index (κ2) is 4.67. The molecule has 6 nitrogen and oxygen atoms in total. The monoisotopic (exact) mass is 252 g/mol. The zero-order valence-corrected chi connectivity index (χ0v) is 10.7. The minimum absolute atomic E-state index is 0.171. The second-order valence-electron chi connectivity index (χ2n) is 3.66. The topological polar surface area (TPSA) is 59.7 Å². The van der Waals surface area contributed by atoms with E-state index in [1.807, 2.05) is 31.8 Å². The average Bonchev–Trinajstić information content (AvgIpc) is 2.76. The number of hydrogen-bond donors (Lipinski definition) is 0. The number of halogens is 1. The summed E-state index contributed by atoms with van der Waals surface area (Å²) in [6.45, 7) is 2.83. The second-order valence-corrected chi connectivity index (χ2v) is 4.00. The highest BCUT2D eigenvalue weighted by molar-refractivity contribution is 6.28. The Labute approximate surface area is 104 Å². The fourth-order valence-corrected chi connectivity index (χ4v) is 1.57. The van der Waals surface area contributed by atoms with E-state index < -0.39 is 0 Å². The summed E-state index contributed by atoms with van der Waals surface area (Å²) in [5.41, 5.74) is 0. The van der Waals surface area contributed by atoms with E-state index in [0.717, 1.165) is 6.54 Å². The van der Waals surface area contributed by atoms with Crippen LogP contribution < -0.4 is 4.90 Å². The van der Waals surface area contributed by atoms with E-state index >= 15 is 0 Å². The summed E-state index contributed by atoms with van der Waals surface area (Å²) in [5.74, 6) is 1.70. The van der Waals surface area contributed by atoms with Gasteiger partial charge >= 0.3 is 0 Å². The van der Waals surface area contributed by atoms with Gasteiger partial charge in [-0.15, -0.1) is 0 Å². The third-order valence-corrected chi connectivity index (χ3v) is 2.42. The molecule has 0 saturated heterocycles. The highest BCUT2D eigenvalue weighted by Crippen LogP contribution is 2.17. The van der Waals surface area contributed by atoms with E-state index in [4.69, 9.17) is 11.6 Å². The van der Waals surface area contributed by atoms with Gasteiger partial charge in [0.15, 0.2) is 5.82 Å². The smallest absolute Gasteiger partial charge is 0.229 e. The number of nitrogens with zero attached hydrogens (tertiary/aromatic N) is 6. The molecule has 0 radical (unpaired) electrons. The van der Waals surface area contributed by atoms with E-state index in [2.05, 4.69) is 19.9 Å². The van der Waals surface area contributed by atoms with Crippen molar-refractivity contribution in [2.24, 2.45) is 0 Å². The Hall–Kier alpha value is -1.69. The predicted molar refractivity (Wildman–Crippen MR) is 66.1 cm³/mol. The highest BCUT2D eigenvalue weighted by atomic mass is 35.5. The first-order valence-corrected chi connectivity index (χ1v) is 5.60. The number of hydrogen-bond acceptors (Lipinski definition) is 5. The van der Waals surface area contributed by atoms with Crippen LogP contribution in [0.25, 0.3) is 11.6 Å². The van der Waals surface area contributed by atoms with Gasteiger partial charge in [0.05, 0.1) is 0 Å². The summed E-state index contributed by atoms with van der Waals surface area (Å²) in [6, 6.07) is 0. The van der Waals surface area contributed by atoms with Gasteiger partial charge in [-0.2, -0.15) is 15.0 Å². The zero-order chi connectivity index (χ0) is 12.4. The molecule has 0 N–H and O–H groups in total. The molecule has 2 aromatic heterocycles. The Morgan fingerprint density at radius 2 is 2.06 bits per heavy atom. The van der Waals surface area contributed by atoms with Gasteiger partial charge in [-0.05, 0) is 18.5 Å². The van der Waals surface area contributed by atoms with Crippen LogP contribution in [0.4, 0.5) is 5.95 Å². The summed E-state index contributed by atoms with van der Waals surface area (Å²) in [6.07, 6.45) is 3.59. The van der Waals surface area contributed by atoms with Crippen molar-refractivity contribution in [3.8, 4) is 11.6 Å². The molecule has 0 aliphatic heterocycles. The quantitative estimate of drug-likeness (QED) is 0.828. The van der Waals surface area contributed by atoms with Crippen molar-refractivity contribution >= 4 is 17.5 Å². The molecule has 0 fully saturated rings. The number of anilines is 1. The summed E-state index contributed by atoms with van der Waals surface area (Å²) < 4.78 is 1.95. The maximum absolute atomic E-state index is 5.88. The largest absolute Gasteiger partial charge is 0.347 e. The fraction of sp³-hybridized carbons (Fsp3) is 0.400. The molecule has 0 bridgehead atoms. The molecule has 0 unspecified atom stereocenters. The van der Waals surface area contributed by atoms with Crippen LogP contribution in [0.15, 0.2) is 12.4 Å².